The van der Waals surface area contributed by atoms with Crippen LogP contribution in [0.4, 0.5) is 4.39 Å². The van der Waals surface area contributed by atoms with E-state index in [1.165, 1.54) is 34.4 Å². The molecule has 1 saturated heterocycles. The third-order valence-electron chi connectivity index (χ3n) is 5.05. The number of benzene rings is 3. The molecule has 4 rings (SSSR count). The van der Waals surface area contributed by atoms with Crippen molar-refractivity contribution in [2.24, 2.45) is 4.99 Å². The molecule has 1 heterocycles. The second kappa shape index (κ2) is 9.10. The zero-order chi connectivity index (χ0) is 19.5. The van der Waals surface area contributed by atoms with Crippen molar-refractivity contribution in [2.45, 2.75) is 32.5 Å². The largest absolute Gasteiger partial charge is 0.347 e. The van der Waals surface area contributed by atoms with Gasteiger partial charge < -0.3 is 10.6 Å². The summed E-state index contributed by atoms with van der Waals surface area (Å²) >= 11 is 0. The SMILES string of the molecule is Cc1cccc([C@H]2NC(=NCc3ccc(F)cc3)N[C@H]2c2cccc(C)c2)c1.Cl. The van der Waals surface area contributed by atoms with Gasteiger partial charge in [0.15, 0.2) is 5.96 Å². The third-order valence-corrected chi connectivity index (χ3v) is 5.05. The Kier molecular flexibility index (Phi) is 6.55. The van der Waals surface area contributed by atoms with E-state index in [-0.39, 0.29) is 30.3 Å². The maximum Gasteiger partial charge on any atom is 0.192 e. The average molecular weight is 410 g/mol. The molecule has 0 saturated carbocycles. The Morgan fingerprint density at radius 1 is 0.793 bits per heavy atom. The fraction of sp³-hybridized carbons (Fsp3) is 0.208. The van der Waals surface area contributed by atoms with E-state index in [0.717, 1.165) is 11.5 Å². The first-order chi connectivity index (χ1) is 13.6. The Bertz CT molecular complexity index is 946. The highest BCUT2D eigenvalue weighted by atomic mass is 35.5. The Hall–Kier alpha value is -2.85. The lowest BCUT2D eigenvalue weighted by atomic mass is 9.93. The van der Waals surface area contributed by atoms with E-state index in [0.29, 0.717) is 6.54 Å². The van der Waals surface area contributed by atoms with Crippen LogP contribution in [0, 0.1) is 19.7 Å². The number of aryl methyl sites for hydroxylation is 2. The van der Waals surface area contributed by atoms with E-state index in [9.17, 15) is 4.39 Å². The van der Waals surface area contributed by atoms with Crippen molar-refractivity contribution >= 4 is 18.4 Å². The number of guanidine groups is 1. The maximum absolute atomic E-state index is 13.1. The van der Waals surface area contributed by atoms with Crippen LogP contribution in [-0.2, 0) is 6.54 Å². The van der Waals surface area contributed by atoms with Crippen LogP contribution >= 0.6 is 12.4 Å². The molecule has 0 unspecified atom stereocenters. The number of nitrogens with zero attached hydrogens (tertiary/aromatic N) is 1. The van der Waals surface area contributed by atoms with Crippen molar-refractivity contribution in [1.82, 2.24) is 10.6 Å². The van der Waals surface area contributed by atoms with Crippen LogP contribution in [0.15, 0.2) is 77.8 Å². The molecular formula is C24H25ClFN3. The molecule has 1 aliphatic rings. The lowest BCUT2D eigenvalue weighted by Crippen LogP contribution is -2.25. The van der Waals surface area contributed by atoms with Gasteiger partial charge >= 0.3 is 0 Å². The maximum atomic E-state index is 13.1. The molecule has 0 amide bonds. The van der Waals surface area contributed by atoms with Crippen LogP contribution in [0.3, 0.4) is 0 Å². The second-order valence-electron chi connectivity index (χ2n) is 7.36. The van der Waals surface area contributed by atoms with Crippen molar-refractivity contribution in [3.05, 3.63) is 106 Å². The summed E-state index contributed by atoms with van der Waals surface area (Å²) in [4.78, 5) is 4.69. The summed E-state index contributed by atoms with van der Waals surface area (Å²) in [6, 6.07) is 23.8. The molecule has 1 aliphatic heterocycles. The number of halogens is 2. The summed E-state index contributed by atoms with van der Waals surface area (Å²) in [5.41, 5.74) is 5.90. The van der Waals surface area contributed by atoms with Gasteiger partial charge in [0.25, 0.3) is 0 Å². The molecule has 0 aliphatic carbocycles. The molecule has 29 heavy (non-hydrogen) atoms. The molecule has 0 radical (unpaired) electrons. The molecular weight excluding hydrogens is 385 g/mol. The van der Waals surface area contributed by atoms with Crippen LogP contribution in [0.5, 0.6) is 0 Å². The smallest absolute Gasteiger partial charge is 0.192 e. The predicted octanol–water partition coefficient (Wildman–Crippen LogP) is 5.40. The summed E-state index contributed by atoms with van der Waals surface area (Å²) in [5.74, 6) is 0.537. The second-order valence-corrected chi connectivity index (χ2v) is 7.36. The Balaban J connectivity index is 0.00000240. The molecule has 2 N–H and O–H groups in total. The summed E-state index contributed by atoms with van der Waals surface area (Å²) in [5, 5.41) is 7.10. The first-order valence-corrected chi connectivity index (χ1v) is 9.53. The molecule has 0 spiro atoms. The number of aliphatic imine (C=N–C) groups is 1. The molecule has 5 heteroatoms. The molecule has 3 nitrogen and oxygen atoms in total. The van der Waals surface area contributed by atoms with Crippen molar-refractivity contribution < 1.29 is 4.39 Å². The molecule has 150 valence electrons. The standard InChI is InChI=1S/C24H24FN3.ClH/c1-16-5-3-7-19(13-16)22-23(20-8-4-6-17(2)14-20)28-24(27-22)26-15-18-9-11-21(25)12-10-18;/h3-14,22-23H,15H2,1-2H3,(H2,26,27,28);1H/t22-,23+;. The topological polar surface area (TPSA) is 36.4 Å². The van der Waals surface area contributed by atoms with Crippen molar-refractivity contribution in [1.29, 1.82) is 0 Å². The zero-order valence-corrected chi connectivity index (χ0v) is 17.3. The summed E-state index contributed by atoms with van der Waals surface area (Å²) in [6.45, 7) is 4.71. The Labute approximate surface area is 177 Å². The summed E-state index contributed by atoms with van der Waals surface area (Å²) in [7, 11) is 0. The van der Waals surface area contributed by atoms with Gasteiger partial charge in [-0.05, 0) is 42.7 Å². The minimum atomic E-state index is -0.229. The number of hydrogen-bond acceptors (Lipinski definition) is 1. The fourth-order valence-corrected chi connectivity index (χ4v) is 3.63. The van der Waals surface area contributed by atoms with Crippen LogP contribution in [0.25, 0.3) is 0 Å². The van der Waals surface area contributed by atoms with E-state index >= 15 is 0 Å². The van der Waals surface area contributed by atoms with Gasteiger partial charge in [0.1, 0.15) is 5.82 Å². The van der Waals surface area contributed by atoms with Crippen LogP contribution in [0.2, 0.25) is 0 Å². The van der Waals surface area contributed by atoms with Gasteiger partial charge in [-0.3, -0.25) is 0 Å². The Morgan fingerprint density at radius 3 is 1.79 bits per heavy atom. The average Bonchev–Trinajstić information content (AvgIpc) is 3.12. The van der Waals surface area contributed by atoms with Gasteiger partial charge in [-0.25, -0.2) is 9.38 Å². The minimum Gasteiger partial charge on any atom is -0.347 e. The first-order valence-electron chi connectivity index (χ1n) is 9.53. The number of rotatable bonds is 4. The lowest BCUT2D eigenvalue weighted by Gasteiger charge is -2.20. The quantitative estimate of drug-likeness (QED) is 0.605. The normalized spacial score (nSPS) is 19.3. The lowest BCUT2D eigenvalue weighted by molar-refractivity contribution is 0.553. The van der Waals surface area contributed by atoms with Gasteiger partial charge in [0, 0.05) is 0 Å². The van der Waals surface area contributed by atoms with Gasteiger partial charge in [-0.1, -0.05) is 71.8 Å². The predicted molar refractivity (Wildman–Crippen MR) is 119 cm³/mol. The first kappa shape index (κ1) is 20.9. The zero-order valence-electron chi connectivity index (χ0n) is 16.5. The molecule has 1 fully saturated rings. The summed E-state index contributed by atoms with van der Waals surface area (Å²) < 4.78 is 13.1. The highest BCUT2D eigenvalue weighted by molar-refractivity contribution is 5.85. The monoisotopic (exact) mass is 409 g/mol. The Morgan fingerprint density at radius 2 is 1.31 bits per heavy atom. The van der Waals surface area contributed by atoms with Gasteiger partial charge in [-0.15, -0.1) is 12.4 Å². The molecule has 3 aromatic rings. The van der Waals surface area contributed by atoms with Crippen LogP contribution in [-0.4, -0.2) is 5.96 Å². The van der Waals surface area contributed by atoms with Crippen molar-refractivity contribution in [2.75, 3.05) is 0 Å². The molecule has 2 atom stereocenters. The molecule has 0 bridgehead atoms. The van der Waals surface area contributed by atoms with Crippen molar-refractivity contribution in [3.63, 3.8) is 0 Å². The van der Waals surface area contributed by atoms with Crippen molar-refractivity contribution in [3.8, 4) is 0 Å². The van der Waals surface area contributed by atoms with E-state index in [1.54, 1.807) is 12.1 Å². The minimum absolute atomic E-state index is 0. The van der Waals surface area contributed by atoms with Gasteiger partial charge in [0.05, 0.1) is 18.6 Å². The van der Waals surface area contributed by atoms with Crippen LogP contribution < -0.4 is 10.6 Å². The van der Waals surface area contributed by atoms with E-state index < -0.39 is 0 Å². The van der Waals surface area contributed by atoms with Gasteiger partial charge in [0.2, 0.25) is 0 Å². The van der Waals surface area contributed by atoms with Crippen LogP contribution in [0.1, 0.15) is 39.9 Å². The van der Waals surface area contributed by atoms with Gasteiger partial charge in [-0.2, -0.15) is 0 Å². The fourth-order valence-electron chi connectivity index (χ4n) is 3.63. The number of hydrogen-bond donors (Lipinski definition) is 2. The van der Waals surface area contributed by atoms with E-state index in [4.69, 9.17) is 4.99 Å². The highest BCUT2D eigenvalue weighted by Gasteiger charge is 2.32. The summed E-state index contributed by atoms with van der Waals surface area (Å²) in [6.07, 6.45) is 0. The molecule has 0 aromatic heterocycles. The number of nitrogens with one attached hydrogen (secondary N) is 2. The molecule has 3 aromatic carbocycles. The highest BCUT2D eigenvalue weighted by Crippen LogP contribution is 2.33. The third kappa shape index (κ3) is 4.96. The van der Waals surface area contributed by atoms with E-state index in [1.807, 2.05) is 0 Å². The van der Waals surface area contributed by atoms with E-state index in [2.05, 4.69) is 73.0 Å².